The molecule has 2 aromatic carbocycles. The molecule has 0 aliphatic rings. The molecule has 0 aromatic heterocycles. The summed E-state index contributed by atoms with van der Waals surface area (Å²) in [7, 11) is -1.37. The molecule has 0 aliphatic heterocycles. The summed E-state index contributed by atoms with van der Waals surface area (Å²) in [6, 6.07) is 10.6. The van der Waals surface area contributed by atoms with Crippen LogP contribution in [-0.2, 0) is 20.3 Å². The lowest BCUT2D eigenvalue weighted by atomic mass is 9.87. The van der Waals surface area contributed by atoms with Gasteiger partial charge < -0.3 is 10.4 Å². The van der Waals surface area contributed by atoms with Crippen LogP contribution in [0.5, 0.6) is 5.75 Å². The molecule has 2 rings (SSSR count). The zero-order chi connectivity index (χ0) is 20.4. The smallest absolute Gasteiger partial charge is 0.264 e. The van der Waals surface area contributed by atoms with E-state index in [-0.39, 0.29) is 27.3 Å². The van der Waals surface area contributed by atoms with Gasteiger partial charge in [-0.1, -0.05) is 37.4 Å². The maximum Gasteiger partial charge on any atom is 0.264 e. The number of phenols is 1. The second-order valence-electron chi connectivity index (χ2n) is 7.06. The standard InChI is InChI=1S/C19H24N2O5S/c1-19(2,3)14-9-10-17(22)16(12-14)20-18(23)13-7-6-8-15(11-13)27(24,25)21(4)26-5/h6-12,22H,1-5H3,(H,20,23). The van der Waals surface area contributed by atoms with E-state index in [9.17, 15) is 18.3 Å². The largest absolute Gasteiger partial charge is 0.506 e. The summed E-state index contributed by atoms with van der Waals surface area (Å²) in [4.78, 5) is 17.2. The van der Waals surface area contributed by atoms with Gasteiger partial charge in [-0.2, -0.15) is 0 Å². The molecule has 0 fully saturated rings. The van der Waals surface area contributed by atoms with Gasteiger partial charge in [0.2, 0.25) is 0 Å². The molecule has 1 amide bonds. The molecule has 2 N–H and O–H groups in total. The number of hydrogen-bond donors (Lipinski definition) is 2. The van der Waals surface area contributed by atoms with Crippen LogP contribution in [0, 0.1) is 0 Å². The number of nitrogens with zero attached hydrogens (tertiary/aromatic N) is 1. The van der Waals surface area contributed by atoms with Crippen LogP contribution < -0.4 is 5.32 Å². The number of hydrogen-bond acceptors (Lipinski definition) is 5. The number of rotatable bonds is 5. The molecule has 0 heterocycles. The van der Waals surface area contributed by atoms with E-state index in [1.165, 1.54) is 44.5 Å². The molecule has 0 bridgehead atoms. The SMILES string of the molecule is CON(C)S(=O)(=O)c1cccc(C(=O)Nc2cc(C(C)(C)C)ccc2O)c1. The van der Waals surface area contributed by atoms with E-state index < -0.39 is 15.9 Å². The molecule has 0 aliphatic carbocycles. The van der Waals surface area contributed by atoms with Crippen molar-refractivity contribution in [1.29, 1.82) is 0 Å². The summed E-state index contributed by atoms with van der Waals surface area (Å²) in [6.07, 6.45) is 0. The van der Waals surface area contributed by atoms with E-state index in [1.54, 1.807) is 12.1 Å². The van der Waals surface area contributed by atoms with Gasteiger partial charge in [-0.3, -0.25) is 9.63 Å². The molecule has 2 aromatic rings. The number of amides is 1. The third-order valence-electron chi connectivity index (χ3n) is 4.10. The van der Waals surface area contributed by atoms with Gasteiger partial charge in [-0.25, -0.2) is 8.42 Å². The van der Waals surface area contributed by atoms with Crippen molar-refractivity contribution >= 4 is 21.6 Å². The predicted molar refractivity (Wildman–Crippen MR) is 103 cm³/mol. The minimum Gasteiger partial charge on any atom is -0.506 e. The molecule has 146 valence electrons. The van der Waals surface area contributed by atoms with Crippen LogP contribution in [0.3, 0.4) is 0 Å². The molecule has 27 heavy (non-hydrogen) atoms. The maximum atomic E-state index is 12.6. The molecule has 7 nitrogen and oxygen atoms in total. The Balaban J connectivity index is 2.34. The zero-order valence-electron chi connectivity index (χ0n) is 16.0. The quantitative estimate of drug-likeness (QED) is 0.602. The van der Waals surface area contributed by atoms with Gasteiger partial charge >= 0.3 is 0 Å². The molecule has 0 saturated heterocycles. The van der Waals surface area contributed by atoms with Gasteiger partial charge in [0.1, 0.15) is 5.75 Å². The Morgan fingerprint density at radius 1 is 1.15 bits per heavy atom. The molecule has 0 unspecified atom stereocenters. The monoisotopic (exact) mass is 392 g/mol. The van der Waals surface area contributed by atoms with Crippen LogP contribution >= 0.6 is 0 Å². The topological polar surface area (TPSA) is 95.9 Å². The van der Waals surface area contributed by atoms with Gasteiger partial charge in [0, 0.05) is 12.6 Å². The third kappa shape index (κ3) is 4.65. The number of aromatic hydroxyl groups is 1. The first-order valence-corrected chi connectivity index (χ1v) is 9.69. The molecule has 8 heteroatoms. The van der Waals surface area contributed by atoms with Gasteiger partial charge in [0.05, 0.1) is 17.7 Å². The fraction of sp³-hybridized carbons (Fsp3) is 0.316. The van der Waals surface area contributed by atoms with Crippen molar-refractivity contribution < 1.29 is 23.2 Å². The highest BCUT2D eigenvalue weighted by Crippen LogP contribution is 2.31. The number of sulfonamides is 1. The lowest BCUT2D eigenvalue weighted by molar-refractivity contribution is -0.0258. The number of hydroxylamine groups is 1. The second-order valence-corrected chi connectivity index (χ2v) is 9.00. The summed E-state index contributed by atoms with van der Waals surface area (Å²) in [5.74, 6) is -0.604. The van der Waals surface area contributed by atoms with Crippen LogP contribution in [0.2, 0.25) is 0 Å². The van der Waals surface area contributed by atoms with Gasteiger partial charge in [-0.15, -0.1) is 0 Å². The van der Waals surface area contributed by atoms with Crippen molar-refractivity contribution in [3.8, 4) is 5.75 Å². The van der Waals surface area contributed by atoms with E-state index in [2.05, 4.69) is 5.32 Å². The molecular weight excluding hydrogens is 368 g/mol. The maximum absolute atomic E-state index is 12.6. The number of nitrogens with one attached hydrogen (secondary N) is 1. The van der Waals surface area contributed by atoms with Crippen molar-refractivity contribution in [3.63, 3.8) is 0 Å². The number of phenolic OH excluding ortho intramolecular Hbond substituents is 1. The Kier molecular flexibility index (Phi) is 5.94. The average molecular weight is 392 g/mol. The molecule has 0 radical (unpaired) electrons. The van der Waals surface area contributed by atoms with E-state index in [1.807, 2.05) is 20.8 Å². The van der Waals surface area contributed by atoms with Crippen LogP contribution in [0.4, 0.5) is 5.69 Å². The van der Waals surface area contributed by atoms with Gasteiger partial charge in [0.15, 0.2) is 0 Å². The van der Waals surface area contributed by atoms with E-state index in [0.717, 1.165) is 5.56 Å². The van der Waals surface area contributed by atoms with Gasteiger partial charge in [-0.05, 0) is 41.3 Å². The van der Waals surface area contributed by atoms with Crippen LogP contribution in [0.1, 0.15) is 36.7 Å². The lowest BCUT2D eigenvalue weighted by Gasteiger charge is -2.20. The minimum atomic E-state index is -3.87. The summed E-state index contributed by atoms with van der Waals surface area (Å²) in [6.45, 7) is 6.06. The molecule has 0 saturated carbocycles. The Morgan fingerprint density at radius 2 is 1.81 bits per heavy atom. The Labute approximate surface area is 159 Å². The Hall–Kier alpha value is -2.42. The average Bonchev–Trinajstić information content (AvgIpc) is 2.61. The second kappa shape index (κ2) is 7.67. The van der Waals surface area contributed by atoms with Crippen molar-refractivity contribution in [3.05, 3.63) is 53.6 Å². The summed E-state index contributed by atoms with van der Waals surface area (Å²) in [5, 5.41) is 12.7. The van der Waals surface area contributed by atoms with Crippen LogP contribution in [-0.4, -0.2) is 38.1 Å². The first-order chi connectivity index (χ1) is 12.5. The van der Waals surface area contributed by atoms with Crippen molar-refractivity contribution in [2.45, 2.75) is 31.1 Å². The molecule has 0 spiro atoms. The number of carbonyl (C=O) groups excluding carboxylic acids is 1. The Morgan fingerprint density at radius 3 is 2.41 bits per heavy atom. The first kappa shape index (κ1) is 20.9. The highest BCUT2D eigenvalue weighted by molar-refractivity contribution is 7.89. The minimum absolute atomic E-state index is 0.0701. The summed E-state index contributed by atoms with van der Waals surface area (Å²) in [5.41, 5.74) is 1.18. The van der Waals surface area contributed by atoms with E-state index in [0.29, 0.717) is 4.47 Å². The first-order valence-electron chi connectivity index (χ1n) is 8.25. The zero-order valence-corrected chi connectivity index (χ0v) is 16.8. The van der Waals surface area contributed by atoms with E-state index in [4.69, 9.17) is 4.84 Å². The third-order valence-corrected chi connectivity index (χ3v) is 5.78. The summed E-state index contributed by atoms with van der Waals surface area (Å²) >= 11 is 0. The Bertz CT molecular complexity index is 949. The van der Waals surface area contributed by atoms with Crippen molar-refractivity contribution in [2.75, 3.05) is 19.5 Å². The normalized spacial score (nSPS) is 12.2. The van der Waals surface area contributed by atoms with Crippen LogP contribution in [0.25, 0.3) is 0 Å². The van der Waals surface area contributed by atoms with Crippen LogP contribution in [0.15, 0.2) is 47.4 Å². The van der Waals surface area contributed by atoms with Crippen molar-refractivity contribution in [1.82, 2.24) is 4.47 Å². The highest BCUT2D eigenvalue weighted by Gasteiger charge is 2.22. The van der Waals surface area contributed by atoms with Crippen molar-refractivity contribution in [2.24, 2.45) is 0 Å². The fourth-order valence-corrected chi connectivity index (χ4v) is 3.36. The molecular formula is C19H24N2O5S. The number of benzene rings is 2. The lowest BCUT2D eigenvalue weighted by Crippen LogP contribution is -2.26. The predicted octanol–water partition coefficient (Wildman–Crippen LogP) is 3.12. The summed E-state index contributed by atoms with van der Waals surface area (Å²) < 4.78 is 25.4. The van der Waals surface area contributed by atoms with Gasteiger partial charge in [0.25, 0.3) is 15.9 Å². The highest BCUT2D eigenvalue weighted by atomic mass is 32.2. The number of anilines is 1. The number of carbonyl (C=O) groups is 1. The fourth-order valence-electron chi connectivity index (χ4n) is 2.34. The van der Waals surface area contributed by atoms with E-state index >= 15 is 0 Å². The molecule has 0 atom stereocenters.